The van der Waals surface area contributed by atoms with Crippen LogP contribution in [0.15, 0.2) is 59.2 Å². The molecule has 0 aliphatic heterocycles. The molecule has 0 radical (unpaired) electrons. The van der Waals surface area contributed by atoms with Crippen LogP contribution >= 0.6 is 15.9 Å². The Morgan fingerprint density at radius 2 is 2.05 bits per heavy atom. The maximum Gasteiger partial charge on any atom is 0.242 e. The number of nitrogens with zero attached hydrogens (tertiary/aromatic N) is 2. The molecule has 1 amide bonds. The first-order chi connectivity index (χ1) is 10.2. The van der Waals surface area contributed by atoms with E-state index in [4.69, 9.17) is 0 Å². The molecule has 0 fully saturated rings. The predicted octanol–water partition coefficient (Wildman–Crippen LogP) is 3.12. The summed E-state index contributed by atoms with van der Waals surface area (Å²) in [6.45, 7) is 0.735. The van der Waals surface area contributed by atoms with Crippen LogP contribution in [0.1, 0.15) is 5.56 Å². The molecule has 0 bridgehead atoms. The highest BCUT2D eigenvalue weighted by molar-refractivity contribution is 9.10. The molecule has 106 valence electrons. The minimum Gasteiger partial charge on any atom is -0.350 e. The second-order valence-corrected chi connectivity index (χ2v) is 5.68. The molecular formula is C16H14BrN3O. The molecule has 1 N–H and O–H groups in total. The van der Waals surface area contributed by atoms with Gasteiger partial charge in [-0.15, -0.1) is 0 Å². The molecule has 1 aromatic heterocycles. The number of carbonyl (C=O) groups is 1. The van der Waals surface area contributed by atoms with E-state index in [2.05, 4.69) is 26.3 Å². The Hall–Kier alpha value is -2.14. The topological polar surface area (TPSA) is 46.9 Å². The Morgan fingerprint density at radius 1 is 1.19 bits per heavy atom. The number of fused-ring (bicyclic) bond motifs is 1. The fourth-order valence-electron chi connectivity index (χ4n) is 2.19. The summed E-state index contributed by atoms with van der Waals surface area (Å²) in [5, 5.41) is 8.20. The van der Waals surface area contributed by atoms with Crippen LogP contribution in [0, 0.1) is 0 Å². The molecule has 0 atom stereocenters. The molecule has 0 unspecified atom stereocenters. The van der Waals surface area contributed by atoms with Crippen molar-refractivity contribution >= 4 is 32.7 Å². The van der Waals surface area contributed by atoms with Crippen LogP contribution in [-0.4, -0.2) is 15.7 Å². The zero-order valence-corrected chi connectivity index (χ0v) is 12.9. The van der Waals surface area contributed by atoms with Crippen LogP contribution in [0.4, 0.5) is 0 Å². The highest BCUT2D eigenvalue weighted by Gasteiger charge is 2.07. The number of aromatic nitrogens is 2. The van der Waals surface area contributed by atoms with Crippen LogP contribution in [0.2, 0.25) is 0 Å². The molecular weight excluding hydrogens is 330 g/mol. The summed E-state index contributed by atoms with van der Waals surface area (Å²) < 4.78 is 2.72. The number of hydrogen-bond donors (Lipinski definition) is 1. The molecule has 4 nitrogen and oxygen atoms in total. The number of hydrogen-bond acceptors (Lipinski definition) is 2. The summed E-state index contributed by atoms with van der Waals surface area (Å²) in [6.07, 6.45) is 1.77. The maximum absolute atomic E-state index is 12.0. The number of rotatable bonds is 4. The highest BCUT2D eigenvalue weighted by Crippen LogP contribution is 2.13. The van der Waals surface area contributed by atoms with Gasteiger partial charge in [0, 0.05) is 16.4 Å². The summed E-state index contributed by atoms with van der Waals surface area (Å²) in [5.41, 5.74) is 2.03. The lowest BCUT2D eigenvalue weighted by molar-refractivity contribution is -0.121. The summed E-state index contributed by atoms with van der Waals surface area (Å²) >= 11 is 3.42. The first-order valence-electron chi connectivity index (χ1n) is 6.64. The third-order valence-electron chi connectivity index (χ3n) is 3.22. The Bertz CT molecular complexity index is 782. The summed E-state index contributed by atoms with van der Waals surface area (Å²) in [4.78, 5) is 12.0. The van der Waals surface area contributed by atoms with Crippen LogP contribution < -0.4 is 5.32 Å². The fourth-order valence-corrected chi connectivity index (χ4v) is 2.64. The van der Waals surface area contributed by atoms with Gasteiger partial charge < -0.3 is 5.32 Å². The molecule has 2 aromatic carbocycles. The first kappa shape index (κ1) is 13.8. The number of benzene rings is 2. The van der Waals surface area contributed by atoms with Crippen molar-refractivity contribution in [1.82, 2.24) is 15.1 Å². The molecule has 5 heteroatoms. The van der Waals surface area contributed by atoms with Crippen molar-refractivity contribution in [3.63, 3.8) is 0 Å². The Balaban J connectivity index is 1.64. The molecule has 0 saturated carbocycles. The number of carbonyl (C=O) groups excluding carboxylic acids is 1. The van der Waals surface area contributed by atoms with Gasteiger partial charge in [-0.05, 0) is 23.8 Å². The number of halogens is 1. The number of amides is 1. The SMILES string of the molecule is O=C(Cn1ncc2ccccc21)NCc1cccc(Br)c1. The lowest BCUT2D eigenvalue weighted by Gasteiger charge is -2.07. The molecule has 21 heavy (non-hydrogen) atoms. The second kappa shape index (κ2) is 6.10. The van der Waals surface area contributed by atoms with Crippen molar-refractivity contribution in [3.05, 3.63) is 64.8 Å². The molecule has 3 rings (SSSR count). The molecule has 0 aliphatic carbocycles. The second-order valence-electron chi connectivity index (χ2n) is 4.77. The zero-order chi connectivity index (χ0) is 14.7. The molecule has 0 aliphatic rings. The van der Waals surface area contributed by atoms with Gasteiger partial charge in [-0.1, -0.05) is 46.3 Å². The number of nitrogens with one attached hydrogen (secondary N) is 1. The van der Waals surface area contributed by atoms with Crippen LogP contribution in [0.25, 0.3) is 10.9 Å². The van der Waals surface area contributed by atoms with Crippen LogP contribution in [-0.2, 0) is 17.9 Å². The normalized spacial score (nSPS) is 10.7. The largest absolute Gasteiger partial charge is 0.350 e. The van der Waals surface area contributed by atoms with Crippen molar-refractivity contribution in [1.29, 1.82) is 0 Å². The first-order valence-corrected chi connectivity index (χ1v) is 7.43. The molecule has 1 heterocycles. The quantitative estimate of drug-likeness (QED) is 0.791. The standard InChI is InChI=1S/C16H14BrN3O/c17-14-6-3-4-12(8-14)9-18-16(21)11-20-15-7-2-1-5-13(15)10-19-20/h1-8,10H,9,11H2,(H,18,21). The van der Waals surface area contributed by atoms with E-state index in [1.54, 1.807) is 10.9 Å². The lowest BCUT2D eigenvalue weighted by Crippen LogP contribution is -2.27. The third kappa shape index (κ3) is 3.31. The van der Waals surface area contributed by atoms with Crippen molar-refractivity contribution in [2.45, 2.75) is 13.1 Å². The smallest absolute Gasteiger partial charge is 0.242 e. The molecule has 0 spiro atoms. The van der Waals surface area contributed by atoms with E-state index in [-0.39, 0.29) is 12.5 Å². The van der Waals surface area contributed by atoms with Crippen LogP contribution in [0.3, 0.4) is 0 Å². The highest BCUT2D eigenvalue weighted by atomic mass is 79.9. The van der Waals surface area contributed by atoms with Gasteiger partial charge in [0.25, 0.3) is 0 Å². The minimum atomic E-state index is -0.0520. The van der Waals surface area contributed by atoms with Crippen molar-refractivity contribution in [2.24, 2.45) is 0 Å². The van der Waals surface area contributed by atoms with Gasteiger partial charge in [0.2, 0.25) is 5.91 Å². The lowest BCUT2D eigenvalue weighted by atomic mass is 10.2. The van der Waals surface area contributed by atoms with Gasteiger partial charge >= 0.3 is 0 Å². The van der Waals surface area contributed by atoms with Crippen molar-refractivity contribution in [2.75, 3.05) is 0 Å². The van der Waals surface area contributed by atoms with Gasteiger partial charge in [0.1, 0.15) is 6.54 Å². The van der Waals surface area contributed by atoms with E-state index in [1.807, 2.05) is 48.5 Å². The monoisotopic (exact) mass is 343 g/mol. The Labute approximate surface area is 130 Å². The van der Waals surface area contributed by atoms with E-state index in [0.29, 0.717) is 6.54 Å². The van der Waals surface area contributed by atoms with Gasteiger partial charge in [0.15, 0.2) is 0 Å². The summed E-state index contributed by atoms with van der Waals surface area (Å²) in [6, 6.07) is 15.7. The maximum atomic E-state index is 12.0. The molecule has 3 aromatic rings. The minimum absolute atomic E-state index is 0.0520. The van der Waals surface area contributed by atoms with Gasteiger partial charge in [-0.3, -0.25) is 9.48 Å². The Kier molecular flexibility index (Phi) is 4.01. The Morgan fingerprint density at radius 3 is 2.90 bits per heavy atom. The van der Waals surface area contributed by atoms with E-state index < -0.39 is 0 Å². The summed E-state index contributed by atoms with van der Waals surface area (Å²) in [5.74, 6) is -0.0520. The van der Waals surface area contributed by atoms with Gasteiger partial charge in [-0.2, -0.15) is 5.10 Å². The van der Waals surface area contributed by atoms with Gasteiger partial charge in [-0.25, -0.2) is 0 Å². The number of para-hydroxylation sites is 1. The van der Waals surface area contributed by atoms with E-state index >= 15 is 0 Å². The van der Waals surface area contributed by atoms with Crippen LogP contribution in [0.5, 0.6) is 0 Å². The zero-order valence-electron chi connectivity index (χ0n) is 11.3. The van der Waals surface area contributed by atoms with Crippen molar-refractivity contribution in [3.8, 4) is 0 Å². The predicted molar refractivity (Wildman–Crippen MR) is 85.7 cm³/mol. The van der Waals surface area contributed by atoms with E-state index in [0.717, 1.165) is 20.9 Å². The molecule has 0 saturated heterocycles. The fraction of sp³-hybridized carbons (Fsp3) is 0.125. The van der Waals surface area contributed by atoms with E-state index in [9.17, 15) is 4.79 Å². The van der Waals surface area contributed by atoms with Crippen molar-refractivity contribution < 1.29 is 4.79 Å². The average Bonchev–Trinajstić information content (AvgIpc) is 2.89. The third-order valence-corrected chi connectivity index (χ3v) is 3.72. The van der Waals surface area contributed by atoms with Gasteiger partial charge in [0.05, 0.1) is 11.7 Å². The average molecular weight is 344 g/mol. The summed E-state index contributed by atoms with van der Waals surface area (Å²) in [7, 11) is 0. The van der Waals surface area contributed by atoms with E-state index in [1.165, 1.54) is 0 Å².